The molecule has 0 aliphatic carbocycles. The number of aromatic amines is 1. The number of hydrogen-bond acceptors (Lipinski definition) is 3. The second-order valence-corrected chi connectivity index (χ2v) is 4.91. The smallest absolute Gasteiger partial charge is 0.121 e. The summed E-state index contributed by atoms with van der Waals surface area (Å²) in [5.41, 5.74) is 3.49. The summed E-state index contributed by atoms with van der Waals surface area (Å²) in [5.74, 6) is 0.666. The van der Waals surface area contributed by atoms with E-state index in [4.69, 9.17) is 5.26 Å². The van der Waals surface area contributed by atoms with Gasteiger partial charge in [0.15, 0.2) is 0 Å². The minimum atomic E-state index is 0.268. The molecule has 0 radical (unpaired) electrons. The first-order valence-corrected chi connectivity index (χ1v) is 6.54. The van der Waals surface area contributed by atoms with Crippen molar-refractivity contribution in [2.24, 2.45) is 0 Å². The van der Waals surface area contributed by atoms with Crippen LogP contribution >= 0.6 is 15.9 Å². The molecule has 2 aromatic heterocycles. The summed E-state index contributed by atoms with van der Waals surface area (Å²) in [7, 11) is 0. The van der Waals surface area contributed by atoms with Crippen LogP contribution in [0.4, 0.5) is 0 Å². The average molecular weight is 313 g/mol. The van der Waals surface area contributed by atoms with Crippen LogP contribution in [0.3, 0.4) is 0 Å². The van der Waals surface area contributed by atoms with Gasteiger partial charge in [-0.1, -0.05) is 34.1 Å². The van der Waals surface area contributed by atoms with E-state index in [2.05, 4.69) is 37.0 Å². The number of H-pyrrole nitrogens is 1. The molecule has 0 aliphatic heterocycles. The molecule has 0 aliphatic rings. The standard InChI is InChI=1S/C14H9BrN4/c15-10-4-2-1-3-9(10)13-14-11(6-8-17-13)18-12(19-14)5-7-16/h1-4,6,8H,5H2,(H,18,19). The van der Waals surface area contributed by atoms with E-state index in [9.17, 15) is 0 Å². The van der Waals surface area contributed by atoms with Crippen LogP contribution in [-0.4, -0.2) is 15.0 Å². The first-order chi connectivity index (χ1) is 9.29. The maximum atomic E-state index is 8.74. The lowest BCUT2D eigenvalue weighted by Gasteiger charge is -2.03. The monoisotopic (exact) mass is 312 g/mol. The second kappa shape index (κ2) is 4.82. The summed E-state index contributed by atoms with van der Waals surface area (Å²) in [4.78, 5) is 12.0. The third-order valence-corrected chi connectivity index (χ3v) is 3.52. The van der Waals surface area contributed by atoms with Crippen molar-refractivity contribution in [3.63, 3.8) is 0 Å². The topological polar surface area (TPSA) is 65.4 Å². The molecule has 0 saturated carbocycles. The van der Waals surface area contributed by atoms with Crippen molar-refractivity contribution >= 4 is 27.0 Å². The van der Waals surface area contributed by atoms with Crippen molar-refractivity contribution in [2.45, 2.75) is 6.42 Å². The second-order valence-electron chi connectivity index (χ2n) is 4.05. The van der Waals surface area contributed by atoms with Crippen LogP contribution in [0.2, 0.25) is 0 Å². The van der Waals surface area contributed by atoms with E-state index < -0.39 is 0 Å². The summed E-state index contributed by atoms with van der Waals surface area (Å²) in [5, 5.41) is 8.74. The van der Waals surface area contributed by atoms with Crippen molar-refractivity contribution in [1.29, 1.82) is 5.26 Å². The molecule has 19 heavy (non-hydrogen) atoms. The SMILES string of the molecule is N#CCc1nc2c(-c3ccccc3Br)nccc2[nH]1. The van der Waals surface area contributed by atoms with E-state index in [1.165, 1.54) is 0 Å². The number of halogens is 1. The van der Waals surface area contributed by atoms with Gasteiger partial charge in [-0.15, -0.1) is 0 Å². The van der Waals surface area contributed by atoms with Crippen LogP contribution in [0, 0.1) is 11.3 Å². The van der Waals surface area contributed by atoms with Crippen LogP contribution < -0.4 is 0 Å². The maximum Gasteiger partial charge on any atom is 0.121 e. The first-order valence-electron chi connectivity index (χ1n) is 5.75. The molecule has 0 saturated heterocycles. The van der Waals surface area contributed by atoms with Crippen LogP contribution in [0.15, 0.2) is 41.0 Å². The Morgan fingerprint density at radius 1 is 1.26 bits per heavy atom. The fourth-order valence-corrected chi connectivity index (χ4v) is 2.47. The summed E-state index contributed by atoms with van der Waals surface area (Å²) in [6.07, 6.45) is 2.01. The van der Waals surface area contributed by atoms with Crippen LogP contribution in [0.1, 0.15) is 5.82 Å². The highest BCUT2D eigenvalue weighted by atomic mass is 79.9. The van der Waals surface area contributed by atoms with Crippen LogP contribution in [-0.2, 0) is 6.42 Å². The number of pyridine rings is 1. The summed E-state index contributed by atoms with van der Waals surface area (Å²) in [6.45, 7) is 0. The van der Waals surface area contributed by atoms with Crippen LogP contribution in [0.25, 0.3) is 22.3 Å². The van der Waals surface area contributed by atoms with Gasteiger partial charge in [-0.3, -0.25) is 4.98 Å². The minimum absolute atomic E-state index is 0.268. The predicted molar refractivity (Wildman–Crippen MR) is 76.3 cm³/mol. The van der Waals surface area contributed by atoms with Gasteiger partial charge in [0.1, 0.15) is 11.3 Å². The molecule has 3 aromatic rings. The van der Waals surface area contributed by atoms with Crippen molar-refractivity contribution in [3.8, 4) is 17.3 Å². The molecule has 5 heteroatoms. The lowest BCUT2D eigenvalue weighted by Crippen LogP contribution is -1.87. The van der Waals surface area contributed by atoms with Gasteiger partial charge in [-0.25, -0.2) is 4.98 Å². The van der Waals surface area contributed by atoms with E-state index in [1.54, 1.807) is 6.20 Å². The molecule has 2 heterocycles. The van der Waals surface area contributed by atoms with E-state index in [0.29, 0.717) is 5.82 Å². The molecular formula is C14H9BrN4. The fourth-order valence-electron chi connectivity index (χ4n) is 2.00. The lowest BCUT2D eigenvalue weighted by molar-refractivity contribution is 1.08. The molecule has 92 valence electrons. The van der Waals surface area contributed by atoms with Gasteiger partial charge in [0.2, 0.25) is 0 Å². The molecule has 0 atom stereocenters. The number of imidazole rings is 1. The molecule has 1 N–H and O–H groups in total. The van der Waals surface area contributed by atoms with Crippen molar-refractivity contribution in [1.82, 2.24) is 15.0 Å². The Morgan fingerprint density at radius 2 is 2.11 bits per heavy atom. The summed E-state index contributed by atoms with van der Waals surface area (Å²) < 4.78 is 0.972. The fraction of sp³-hybridized carbons (Fsp3) is 0.0714. The Morgan fingerprint density at radius 3 is 2.89 bits per heavy atom. The number of benzene rings is 1. The molecular weight excluding hydrogens is 304 g/mol. The van der Waals surface area contributed by atoms with Crippen molar-refractivity contribution in [3.05, 3.63) is 46.8 Å². The molecule has 3 rings (SSSR count). The van der Waals surface area contributed by atoms with E-state index in [-0.39, 0.29) is 6.42 Å². The molecule has 0 spiro atoms. The van der Waals surface area contributed by atoms with Gasteiger partial charge in [-0.2, -0.15) is 5.26 Å². The van der Waals surface area contributed by atoms with Crippen LogP contribution in [0.5, 0.6) is 0 Å². The number of hydrogen-bond donors (Lipinski definition) is 1. The third kappa shape index (κ3) is 2.11. The molecule has 0 unspecified atom stereocenters. The summed E-state index contributed by atoms with van der Waals surface area (Å²) in [6, 6.07) is 11.8. The molecule has 4 nitrogen and oxygen atoms in total. The Labute approximate surface area is 118 Å². The van der Waals surface area contributed by atoms with E-state index >= 15 is 0 Å². The predicted octanol–water partition coefficient (Wildman–Crippen LogP) is 3.45. The van der Waals surface area contributed by atoms with Gasteiger partial charge in [0.05, 0.1) is 23.7 Å². The van der Waals surface area contributed by atoms with Gasteiger partial charge in [-0.05, 0) is 12.1 Å². The summed E-state index contributed by atoms with van der Waals surface area (Å²) >= 11 is 3.53. The highest BCUT2D eigenvalue weighted by Gasteiger charge is 2.12. The van der Waals surface area contributed by atoms with Gasteiger partial charge < -0.3 is 4.98 Å². The number of fused-ring (bicyclic) bond motifs is 1. The average Bonchev–Trinajstić information content (AvgIpc) is 2.82. The van der Waals surface area contributed by atoms with E-state index in [1.807, 2.05) is 30.3 Å². The van der Waals surface area contributed by atoms with Gasteiger partial charge >= 0.3 is 0 Å². The Bertz CT molecular complexity index is 785. The maximum absolute atomic E-state index is 8.74. The molecule has 0 amide bonds. The number of aromatic nitrogens is 3. The zero-order chi connectivity index (χ0) is 13.2. The third-order valence-electron chi connectivity index (χ3n) is 2.83. The minimum Gasteiger partial charge on any atom is -0.341 e. The lowest BCUT2D eigenvalue weighted by atomic mass is 10.1. The molecule has 0 fully saturated rings. The number of nitriles is 1. The molecule has 0 bridgehead atoms. The van der Waals surface area contributed by atoms with Gasteiger partial charge in [0.25, 0.3) is 0 Å². The Balaban J connectivity index is 2.25. The molecule has 1 aromatic carbocycles. The largest absolute Gasteiger partial charge is 0.341 e. The normalized spacial score (nSPS) is 10.5. The number of rotatable bonds is 2. The zero-order valence-corrected chi connectivity index (χ0v) is 11.5. The highest BCUT2D eigenvalue weighted by Crippen LogP contribution is 2.30. The number of nitrogens with zero attached hydrogens (tertiary/aromatic N) is 3. The first kappa shape index (κ1) is 11.9. The number of nitrogens with one attached hydrogen (secondary N) is 1. The highest BCUT2D eigenvalue weighted by molar-refractivity contribution is 9.10. The van der Waals surface area contributed by atoms with E-state index in [0.717, 1.165) is 26.8 Å². The van der Waals surface area contributed by atoms with Crippen molar-refractivity contribution < 1.29 is 0 Å². The Hall–Kier alpha value is -2.19. The Kier molecular flexibility index (Phi) is 3.02. The zero-order valence-electron chi connectivity index (χ0n) is 9.89. The van der Waals surface area contributed by atoms with Gasteiger partial charge in [0, 0.05) is 16.2 Å². The van der Waals surface area contributed by atoms with Crippen molar-refractivity contribution in [2.75, 3.05) is 0 Å². The quantitative estimate of drug-likeness (QED) is 0.788.